The van der Waals surface area contributed by atoms with E-state index in [-0.39, 0.29) is 11.9 Å². The predicted octanol–water partition coefficient (Wildman–Crippen LogP) is 4.57. The molecule has 0 fully saturated rings. The van der Waals surface area contributed by atoms with Crippen LogP contribution in [0.4, 0.5) is 5.69 Å². The van der Waals surface area contributed by atoms with E-state index < -0.39 is 0 Å². The molecule has 128 valence electrons. The number of nitrogens with one attached hydrogen (secondary N) is 2. The second-order valence-corrected chi connectivity index (χ2v) is 7.02. The SMILES string of the molecule is CCNC(=O)c1cccc2c1NC(c1ccc(C)cc1)C1CC=CC21. The molecule has 1 aliphatic heterocycles. The van der Waals surface area contributed by atoms with E-state index in [1.807, 2.05) is 19.1 Å². The molecular weight excluding hydrogens is 308 g/mol. The molecule has 0 saturated heterocycles. The number of fused-ring (bicyclic) bond motifs is 3. The van der Waals surface area contributed by atoms with Gasteiger partial charge in [0.1, 0.15) is 0 Å². The van der Waals surface area contributed by atoms with Gasteiger partial charge in [0.25, 0.3) is 5.91 Å². The van der Waals surface area contributed by atoms with Crippen molar-refractivity contribution in [1.29, 1.82) is 0 Å². The first-order valence-electron chi connectivity index (χ1n) is 9.10. The summed E-state index contributed by atoms with van der Waals surface area (Å²) in [4.78, 5) is 12.5. The molecule has 4 rings (SSSR count). The van der Waals surface area contributed by atoms with Crippen molar-refractivity contribution in [2.75, 3.05) is 11.9 Å². The highest BCUT2D eigenvalue weighted by Crippen LogP contribution is 2.50. The lowest BCUT2D eigenvalue weighted by Crippen LogP contribution is -2.32. The van der Waals surface area contributed by atoms with Gasteiger partial charge in [0.05, 0.1) is 17.3 Å². The fourth-order valence-corrected chi connectivity index (χ4v) is 4.17. The standard InChI is InChI=1S/C22H24N2O/c1-3-23-22(25)19-9-5-8-18-16-6-4-7-17(16)20(24-21(18)19)15-12-10-14(2)11-13-15/h4-6,8-13,16-17,20,24H,3,7H2,1-2H3,(H,23,25). The van der Waals surface area contributed by atoms with Gasteiger partial charge in [-0.1, -0.05) is 54.1 Å². The maximum absolute atomic E-state index is 12.5. The van der Waals surface area contributed by atoms with Gasteiger partial charge in [-0.2, -0.15) is 0 Å². The molecule has 1 aliphatic carbocycles. The summed E-state index contributed by atoms with van der Waals surface area (Å²) in [7, 11) is 0. The number of amides is 1. The number of benzene rings is 2. The van der Waals surface area contributed by atoms with Crippen molar-refractivity contribution in [2.24, 2.45) is 5.92 Å². The molecule has 2 aliphatic rings. The zero-order valence-corrected chi connectivity index (χ0v) is 14.8. The van der Waals surface area contributed by atoms with Gasteiger partial charge in [-0.25, -0.2) is 0 Å². The predicted molar refractivity (Wildman–Crippen MR) is 102 cm³/mol. The lowest BCUT2D eigenvalue weighted by Gasteiger charge is -2.38. The van der Waals surface area contributed by atoms with Crippen LogP contribution in [0.2, 0.25) is 0 Å². The van der Waals surface area contributed by atoms with Crippen LogP contribution >= 0.6 is 0 Å². The van der Waals surface area contributed by atoms with Crippen LogP contribution in [0.25, 0.3) is 0 Å². The largest absolute Gasteiger partial charge is 0.377 e. The molecule has 0 radical (unpaired) electrons. The number of para-hydroxylation sites is 1. The van der Waals surface area contributed by atoms with Crippen molar-refractivity contribution < 1.29 is 4.79 Å². The van der Waals surface area contributed by atoms with Crippen LogP contribution < -0.4 is 10.6 Å². The molecule has 2 N–H and O–H groups in total. The molecule has 0 bridgehead atoms. The van der Waals surface area contributed by atoms with E-state index in [1.165, 1.54) is 16.7 Å². The van der Waals surface area contributed by atoms with Crippen molar-refractivity contribution in [3.8, 4) is 0 Å². The summed E-state index contributed by atoms with van der Waals surface area (Å²) in [5, 5.41) is 6.65. The van der Waals surface area contributed by atoms with Crippen LogP contribution in [-0.4, -0.2) is 12.5 Å². The lowest BCUT2D eigenvalue weighted by molar-refractivity contribution is 0.0956. The molecule has 2 aromatic carbocycles. The monoisotopic (exact) mass is 332 g/mol. The third-order valence-electron chi connectivity index (χ3n) is 5.42. The van der Waals surface area contributed by atoms with E-state index in [0.29, 0.717) is 18.4 Å². The van der Waals surface area contributed by atoms with Gasteiger partial charge >= 0.3 is 0 Å². The van der Waals surface area contributed by atoms with E-state index in [0.717, 1.165) is 17.7 Å². The summed E-state index contributed by atoms with van der Waals surface area (Å²) in [5.74, 6) is 0.867. The number of allylic oxidation sites excluding steroid dienone is 2. The van der Waals surface area contributed by atoms with Gasteiger partial charge in [0.15, 0.2) is 0 Å². The number of hydrogen-bond donors (Lipinski definition) is 2. The van der Waals surface area contributed by atoms with Crippen molar-refractivity contribution in [3.63, 3.8) is 0 Å². The number of rotatable bonds is 3. The zero-order valence-electron chi connectivity index (χ0n) is 14.8. The molecule has 3 atom stereocenters. The fourth-order valence-electron chi connectivity index (χ4n) is 4.17. The van der Waals surface area contributed by atoms with Gasteiger partial charge < -0.3 is 10.6 Å². The molecule has 1 heterocycles. The molecule has 0 aromatic heterocycles. The average molecular weight is 332 g/mol. The minimum absolute atomic E-state index is 0.00469. The molecule has 3 unspecified atom stereocenters. The third-order valence-corrected chi connectivity index (χ3v) is 5.42. The van der Waals surface area contributed by atoms with E-state index >= 15 is 0 Å². The van der Waals surface area contributed by atoms with Gasteiger partial charge in [-0.15, -0.1) is 0 Å². The Morgan fingerprint density at radius 1 is 1.20 bits per heavy atom. The highest BCUT2D eigenvalue weighted by molar-refractivity contribution is 6.00. The molecule has 0 spiro atoms. The average Bonchev–Trinajstić information content (AvgIpc) is 3.11. The Balaban J connectivity index is 1.79. The Hall–Kier alpha value is -2.55. The minimum Gasteiger partial charge on any atom is -0.377 e. The summed E-state index contributed by atoms with van der Waals surface area (Å²) in [6.07, 6.45) is 5.67. The first kappa shape index (κ1) is 15.9. The van der Waals surface area contributed by atoms with E-state index in [2.05, 4.69) is 60.0 Å². The van der Waals surface area contributed by atoms with Gasteiger partial charge in [0.2, 0.25) is 0 Å². The summed E-state index contributed by atoms with van der Waals surface area (Å²) in [5.41, 5.74) is 5.54. The molecule has 1 amide bonds. The molecule has 3 heteroatoms. The van der Waals surface area contributed by atoms with E-state index in [4.69, 9.17) is 0 Å². The summed E-state index contributed by atoms with van der Waals surface area (Å²) in [6.45, 7) is 4.70. The van der Waals surface area contributed by atoms with Gasteiger partial charge in [-0.3, -0.25) is 4.79 Å². The highest BCUT2D eigenvalue weighted by Gasteiger charge is 2.39. The maximum Gasteiger partial charge on any atom is 0.253 e. The first-order valence-corrected chi connectivity index (χ1v) is 9.10. The molecular formula is C22H24N2O. The summed E-state index contributed by atoms with van der Waals surface area (Å²) >= 11 is 0. The number of anilines is 1. The van der Waals surface area contributed by atoms with Crippen LogP contribution in [-0.2, 0) is 0 Å². The Labute approximate surface area is 149 Å². The fraction of sp³-hybridized carbons (Fsp3) is 0.318. The Morgan fingerprint density at radius 2 is 2.00 bits per heavy atom. The number of hydrogen-bond acceptors (Lipinski definition) is 2. The van der Waals surface area contributed by atoms with Crippen LogP contribution in [0.1, 0.15) is 52.4 Å². The van der Waals surface area contributed by atoms with Crippen LogP contribution in [0, 0.1) is 12.8 Å². The smallest absolute Gasteiger partial charge is 0.253 e. The molecule has 25 heavy (non-hydrogen) atoms. The van der Waals surface area contributed by atoms with E-state index in [1.54, 1.807) is 0 Å². The number of carbonyl (C=O) groups is 1. The van der Waals surface area contributed by atoms with Gasteiger partial charge in [-0.05, 0) is 43.4 Å². The topological polar surface area (TPSA) is 41.1 Å². The van der Waals surface area contributed by atoms with Crippen LogP contribution in [0.3, 0.4) is 0 Å². The van der Waals surface area contributed by atoms with Crippen molar-refractivity contribution in [2.45, 2.75) is 32.2 Å². The number of aryl methyl sites for hydroxylation is 1. The van der Waals surface area contributed by atoms with Crippen LogP contribution in [0.15, 0.2) is 54.6 Å². The molecule has 0 saturated carbocycles. The normalized spacial score (nSPS) is 23.5. The second-order valence-electron chi connectivity index (χ2n) is 7.02. The molecule has 3 nitrogen and oxygen atoms in total. The molecule has 2 aromatic rings. The Kier molecular flexibility index (Phi) is 4.08. The first-order chi connectivity index (χ1) is 12.2. The minimum atomic E-state index is -0.00469. The van der Waals surface area contributed by atoms with Gasteiger partial charge in [0, 0.05) is 12.5 Å². The quantitative estimate of drug-likeness (QED) is 0.808. The Morgan fingerprint density at radius 3 is 2.76 bits per heavy atom. The number of carbonyl (C=O) groups excluding carboxylic acids is 1. The lowest BCUT2D eigenvalue weighted by atomic mass is 9.76. The van der Waals surface area contributed by atoms with Crippen LogP contribution in [0.5, 0.6) is 0 Å². The summed E-state index contributed by atoms with van der Waals surface area (Å²) in [6, 6.07) is 15.1. The van der Waals surface area contributed by atoms with E-state index in [9.17, 15) is 4.79 Å². The summed E-state index contributed by atoms with van der Waals surface area (Å²) < 4.78 is 0. The third kappa shape index (κ3) is 2.74. The Bertz CT molecular complexity index is 822. The maximum atomic E-state index is 12.5. The van der Waals surface area contributed by atoms with Crippen molar-refractivity contribution in [3.05, 3.63) is 76.9 Å². The zero-order chi connectivity index (χ0) is 17.4. The van der Waals surface area contributed by atoms with Crippen molar-refractivity contribution >= 4 is 11.6 Å². The van der Waals surface area contributed by atoms with Crippen molar-refractivity contribution in [1.82, 2.24) is 5.32 Å². The second kappa shape index (κ2) is 6.40. The highest BCUT2D eigenvalue weighted by atomic mass is 16.1.